The maximum Gasteiger partial charge on any atom is 0.273 e. The molecular weight excluding hydrogens is 294 g/mol. The zero-order chi connectivity index (χ0) is 16.2. The summed E-state index contributed by atoms with van der Waals surface area (Å²) in [6.07, 6.45) is 0.666. The van der Waals surface area contributed by atoms with Crippen molar-refractivity contribution in [2.45, 2.75) is 25.2 Å². The summed E-state index contributed by atoms with van der Waals surface area (Å²) in [5.74, 6) is 0. The number of nitro groups is 1. The fourth-order valence-corrected chi connectivity index (χ4v) is 3.24. The van der Waals surface area contributed by atoms with Gasteiger partial charge in [0.05, 0.1) is 9.82 Å². The first-order valence-electron chi connectivity index (χ1n) is 6.58. The molecule has 0 heterocycles. The third kappa shape index (κ3) is 3.99. The smallest absolute Gasteiger partial charge is 0.273 e. The van der Waals surface area contributed by atoms with Gasteiger partial charge in [0.2, 0.25) is 10.0 Å². The molecule has 0 bridgehead atoms. The van der Waals surface area contributed by atoms with Gasteiger partial charge in [-0.25, -0.2) is 12.7 Å². The molecule has 0 aliphatic heterocycles. The van der Waals surface area contributed by atoms with Gasteiger partial charge in [-0.15, -0.1) is 0 Å². The van der Waals surface area contributed by atoms with E-state index in [9.17, 15) is 18.5 Å². The van der Waals surface area contributed by atoms with Crippen molar-refractivity contribution >= 4 is 15.7 Å². The Balaban J connectivity index is 3.17. The summed E-state index contributed by atoms with van der Waals surface area (Å²) < 4.78 is 26.1. The minimum atomic E-state index is -3.71. The third-order valence-electron chi connectivity index (χ3n) is 3.42. The Morgan fingerprint density at radius 1 is 1.33 bits per heavy atom. The van der Waals surface area contributed by atoms with E-state index in [4.69, 9.17) is 0 Å². The first-order chi connectivity index (χ1) is 9.71. The van der Waals surface area contributed by atoms with Crippen molar-refractivity contribution in [1.29, 1.82) is 0 Å². The van der Waals surface area contributed by atoms with Crippen LogP contribution in [0, 0.1) is 24.0 Å². The average Bonchev–Trinajstić information content (AvgIpc) is 2.41. The van der Waals surface area contributed by atoms with Gasteiger partial charge in [-0.3, -0.25) is 10.1 Å². The summed E-state index contributed by atoms with van der Waals surface area (Å²) in [5, 5.41) is 14.0. The molecule has 0 radical (unpaired) electrons. The average molecular weight is 315 g/mol. The highest BCUT2D eigenvalue weighted by atomic mass is 32.2. The Morgan fingerprint density at radius 3 is 2.48 bits per heavy atom. The van der Waals surface area contributed by atoms with Crippen LogP contribution in [0.5, 0.6) is 0 Å². The van der Waals surface area contributed by atoms with Crippen molar-refractivity contribution in [3.8, 4) is 0 Å². The lowest BCUT2D eigenvalue weighted by molar-refractivity contribution is -0.385. The highest BCUT2D eigenvalue weighted by Gasteiger charge is 2.25. The van der Waals surface area contributed by atoms with Gasteiger partial charge >= 0.3 is 0 Å². The molecule has 0 aliphatic rings. The van der Waals surface area contributed by atoms with E-state index < -0.39 is 14.9 Å². The van der Waals surface area contributed by atoms with Gasteiger partial charge in [0, 0.05) is 25.2 Å². The number of hydrogen-bond donors (Lipinski definition) is 1. The second-order valence-corrected chi connectivity index (χ2v) is 6.97. The van der Waals surface area contributed by atoms with Crippen LogP contribution in [-0.4, -0.2) is 44.8 Å². The number of nitrogens with one attached hydrogen (secondary N) is 1. The van der Waals surface area contributed by atoms with Crippen LogP contribution in [0.2, 0.25) is 0 Å². The topological polar surface area (TPSA) is 92.6 Å². The van der Waals surface area contributed by atoms with Crippen LogP contribution in [0.1, 0.15) is 17.5 Å². The lowest BCUT2D eigenvalue weighted by Crippen LogP contribution is -2.29. The van der Waals surface area contributed by atoms with E-state index in [1.165, 1.54) is 17.4 Å². The molecule has 21 heavy (non-hydrogen) atoms. The fraction of sp³-hybridized carbons (Fsp3) is 0.538. The highest BCUT2D eigenvalue weighted by Crippen LogP contribution is 2.27. The maximum absolute atomic E-state index is 12.4. The number of aryl methyl sites for hydroxylation is 1. The van der Waals surface area contributed by atoms with Gasteiger partial charge in [0.1, 0.15) is 0 Å². The maximum atomic E-state index is 12.4. The molecule has 1 aromatic carbocycles. The summed E-state index contributed by atoms with van der Waals surface area (Å²) in [5.41, 5.74) is 0.903. The second kappa shape index (κ2) is 6.97. The molecule has 7 nitrogen and oxygen atoms in total. The van der Waals surface area contributed by atoms with Crippen molar-refractivity contribution in [3.63, 3.8) is 0 Å². The fourth-order valence-electron chi connectivity index (χ4n) is 1.93. The zero-order valence-electron chi connectivity index (χ0n) is 12.7. The summed E-state index contributed by atoms with van der Waals surface area (Å²) in [7, 11) is -0.443. The molecule has 0 amide bonds. The second-order valence-electron chi connectivity index (χ2n) is 4.93. The Kier molecular flexibility index (Phi) is 5.82. The van der Waals surface area contributed by atoms with Crippen LogP contribution in [-0.2, 0) is 10.0 Å². The number of rotatable bonds is 7. The van der Waals surface area contributed by atoms with Crippen molar-refractivity contribution < 1.29 is 13.3 Å². The number of sulfonamides is 1. The van der Waals surface area contributed by atoms with Crippen LogP contribution in [0.4, 0.5) is 5.69 Å². The van der Waals surface area contributed by atoms with Crippen molar-refractivity contribution in [1.82, 2.24) is 9.62 Å². The van der Waals surface area contributed by atoms with E-state index in [0.717, 1.165) is 6.07 Å². The molecule has 0 atom stereocenters. The minimum Gasteiger partial charge on any atom is -0.320 e. The number of nitro benzene ring substituents is 1. The summed E-state index contributed by atoms with van der Waals surface area (Å²) in [6, 6.07) is 2.61. The van der Waals surface area contributed by atoms with E-state index in [0.29, 0.717) is 30.6 Å². The molecule has 1 rings (SSSR count). The largest absolute Gasteiger partial charge is 0.320 e. The first kappa shape index (κ1) is 17.5. The van der Waals surface area contributed by atoms with Crippen molar-refractivity contribution in [3.05, 3.63) is 33.4 Å². The molecule has 118 valence electrons. The standard InChI is InChI=1S/C13H21N3O4S/c1-10-8-12(9-13(11(10)2)16(17)18)21(19,20)15(4)7-5-6-14-3/h8-9,14H,5-7H2,1-4H3. The lowest BCUT2D eigenvalue weighted by atomic mass is 10.1. The molecule has 0 unspecified atom stereocenters. The van der Waals surface area contributed by atoms with Crippen molar-refractivity contribution in [2.75, 3.05) is 27.2 Å². The summed E-state index contributed by atoms with van der Waals surface area (Å²) in [6.45, 7) is 4.33. The Bertz CT molecular complexity index is 629. The van der Waals surface area contributed by atoms with Crippen LogP contribution >= 0.6 is 0 Å². The van der Waals surface area contributed by atoms with Gasteiger partial charge in [-0.1, -0.05) is 0 Å². The molecule has 0 fully saturated rings. The first-order valence-corrected chi connectivity index (χ1v) is 8.02. The molecule has 0 aliphatic carbocycles. The predicted molar refractivity (Wildman–Crippen MR) is 80.9 cm³/mol. The Morgan fingerprint density at radius 2 is 1.95 bits per heavy atom. The SMILES string of the molecule is CNCCCN(C)S(=O)(=O)c1cc(C)c(C)c([N+](=O)[O-])c1. The lowest BCUT2D eigenvalue weighted by Gasteiger charge is -2.17. The zero-order valence-corrected chi connectivity index (χ0v) is 13.5. The van der Waals surface area contributed by atoms with Gasteiger partial charge in [0.25, 0.3) is 5.69 Å². The van der Waals surface area contributed by atoms with E-state index in [2.05, 4.69) is 5.32 Å². The predicted octanol–water partition coefficient (Wildman–Crippen LogP) is 1.44. The molecule has 0 spiro atoms. The van der Waals surface area contributed by atoms with Crippen molar-refractivity contribution in [2.24, 2.45) is 0 Å². The molecular formula is C13H21N3O4S. The Hall–Kier alpha value is -1.51. The van der Waals surface area contributed by atoms with Gasteiger partial charge in [0.15, 0.2) is 0 Å². The van der Waals surface area contributed by atoms with Crippen LogP contribution < -0.4 is 5.32 Å². The Labute approximate surface area is 125 Å². The molecule has 0 aromatic heterocycles. The normalized spacial score (nSPS) is 11.9. The molecule has 0 saturated carbocycles. The highest BCUT2D eigenvalue weighted by molar-refractivity contribution is 7.89. The minimum absolute atomic E-state index is 0.0377. The van der Waals surface area contributed by atoms with Gasteiger partial charge < -0.3 is 5.32 Å². The number of hydrogen-bond acceptors (Lipinski definition) is 5. The molecule has 1 N–H and O–H groups in total. The molecule has 8 heteroatoms. The van der Waals surface area contributed by atoms with Gasteiger partial charge in [-0.05, 0) is 45.5 Å². The number of benzene rings is 1. The van der Waals surface area contributed by atoms with Crippen LogP contribution in [0.25, 0.3) is 0 Å². The van der Waals surface area contributed by atoms with Crippen LogP contribution in [0.3, 0.4) is 0 Å². The quantitative estimate of drug-likeness (QED) is 0.467. The van der Waals surface area contributed by atoms with E-state index in [1.54, 1.807) is 20.9 Å². The monoisotopic (exact) mass is 315 g/mol. The third-order valence-corrected chi connectivity index (χ3v) is 5.25. The summed E-state index contributed by atoms with van der Waals surface area (Å²) in [4.78, 5) is 10.4. The summed E-state index contributed by atoms with van der Waals surface area (Å²) >= 11 is 0. The van der Waals surface area contributed by atoms with E-state index in [1.807, 2.05) is 0 Å². The van der Waals surface area contributed by atoms with Crippen LogP contribution in [0.15, 0.2) is 17.0 Å². The number of nitrogens with zero attached hydrogens (tertiary/aromatic N) is 2. The van der Waals surface area contributed by atoms with E-state index in [-0.39, 0.29) is 10.6 Å². The van der Waals surface area contributed by atoms with Gasteiger partial charge in [-0.2, -0.15) is 0 Å². The molecule has 1 aromatic rings. The molecule has 0 saturated heterocycles. The van der Waals surface area contributed by atoms with E-state index >= 15 is 0 Å².